The molecule has 0 aromatic carbocycles. The summed E-state index contributed by atoms with van der Waals surface area (Å²) < 4.78 is 7.38. The molecule has 1 atom stereocenters. The van der Waals surface area contributed by atoms with Crippen LogP contribution < -0.4 is 5.43 Å². The van der Waals surface area contributed by atoms with Gasteiger partial charge in [0.25, 0.3) is 0 Å². The Labute approximate surface area is 148 Å². The van der Waals surface area contributed by atoms with Crippen molar-refractivity contribution in [3.05, 3.63) is 38.2 Å². The van der Waals surface area contributed by atoms with E-state index in [4.69, 9.17) is 4.74 Å². The van der Waals surface area contributed by atoms with Crippen LogP contribution in [-0.2, 0) is 4.74 Å². The van der Waals surface area contributed by atoms with Gasteiger partial charge in [-0.2, -0.15) is 0 Å². The van der Waals surface area contributed by atoms with Gasteiger partial charge < -0.3 is 14.4 Å². The van der Waals surface area contributed by atoms with Crippen LogP contribution in [0.25, 0.3) is 11.0 Å². The van der Waals surface area contributed by atoms with Gasteiger partial charge in [-0.3, -0.25) is 4.79 Å². The summed E-state index contributed by atoms with van der Waals surface area (Å²) >= 11 is 3.37. The maximum Gasteiger partial charge on any atom is 0.343 e. The topological polar surface area (TPSA) is 81.4 Å². The lowest BCUT2D eigenvalue weighted by Gasteiger charge is -2.24. The van der Waals surface area contributed by atoms with Crippen LogP contribution in [0.15, 0.2) is 21.5 Å². The van der Waals surface area contributed by atoms with Crippen molar-refractivity contribution in [2.45, 2.75) is 33.7 Å². The highest BCUT2D eigenvalue weighted by molar-refractivity contribution is 9.10. The fourth-order valence-electron chi connectivity index (χ4n) is 2.56. The Morgan fingerprint density at radius 2 is 2.12 bits per heavy atom. The molecule has 0 spiro atoms. The lowest BCUT2D eigenvalue weighted by molar-refractivity contribution is 0.0523. The van der Waals surface area contributed by atoms with Crippen molar-refractivity contribution in [3.8, 4) is 0 Å². The number of hydrogen-bond donors (Lipinski definition) is 1. The zero-order chi connectivity index (χ0) is 18.0. The monoisotopic (exact) mass is 396 g/mol. The molecule has 0 bridgehead atoms. The standard InChI is InChI=1S/C17H21BrN2O4/c1-5-24-17(23)12-7-20(14(8-21)9(2)3)16-11(15(12)22)6-13(18)10(4)19-16/h6-7,9,14,21H,5,8H2,1-4H3/t14-/m1/s1. The highest BCUT2D eigenvalue weighted by atomic mass is 79.9. The molecule has 0 unspecified atom stereocenters. The van der Waals surface area contributed by atoms with Gasteiger partial charge in [0.15, 0.2) is 0 Å². The number of aliphatic hydroxyl groups excluding tert-OH is 1. The molecule has 7 heteroatoms. The van der Waals surface area contributed by atoms with Crippen LogP contribution in [0.4, 0.5) is 0 Å². The predicted octanol–water partition coefficient (Wildman–Crippen LogP) is 2.83. The lowest BCUT2D eigenvalue weighted by Crippen LogP contribution is -2.26. The van der Waals surface area contributed by atoms with E-state index in [0.29, 0.717) is 15.5 Å². The van der Waals surface area contributed by atoms with Gasteiger partial charge in [0, 0.05) is 10.7 Å². The summed E-state index contributed by atoms with van der Waals surface area (Å²) in [7, 11) is 0. The first-order valence-electron chi connectivity index (χ1n) is 7.81. The second kappa shape index (κ2) is 7.44. The third kappa shape index (κ3) is 3.37. The number of carbonyl (C=O) groups excluding carboxylic acids is 1. The third-order valence-corrected chi connectivity index (χ3v) is 4.75. The number of pyridine rings is 2. The van der Waals surface area contributed by atoms with E-state index in [1.807, 2.05) is 20.8 Å². The minimum Gasteiger partial charge on any atom is -0.462 e. The summed E-state index contributed by atoms with van der Waals surface area (Å²) in [5, 5.41) is 10.1. The van der Waals surface area contributed by atoms with E-state index in [-0.39, 0.29) is 30.7 Å². The minimum atomic E-state index is -0.671. The number of aryl methyl sites for hydroxylation is 1. The summed E-state index contributed by atoms with van der Waals surface area (Å²) in [6.45, 7) is 7.47. The number of halogens is 1. The summed E-state index contributed by atoms with van der Waals surface area (Å²) in [5.41, 5.74) is 0.691. The number of ether oxygens (including phenoxy) is 1. The van der Waals surface area contributed by atoms with Gasteiger partial charge in [-0.1, -0.05) is 13.8 Å². The van der Waals surface area contributed by atoms with Crippen LogP contribution >= 0.6 is 15.9 Å². The van der Waals surface area contributed by atoms with Crippen LogP contribution in [0.1, 0.15) is 42.9 Å². The molecular weight excluding hydrogens is 376 g/mol. The second-order valence-electron chi connectivity index (χ2n) is 5.92. The molecule has 2 aromatic rings. The van der Waals surface area contributed by atoms with Crippen molar-refractivity contribution < 1.29 is 14.6 Å². The second-order valence-corrected chi connectivity index (χ2v) is 6.77. The van der Waals surface area contributed by atoms with Gasteiger partial charge in [0.1, 0.15) is 11.2 Å². The van der Waals surface area contributed by atoms with Crippen LogP contribution in [-0.4, -0.2) is 33.8 Å². The van der Waals surface area contributed by atoms with Crippen molar-refractivity contribution in [2.75, 3.05) is 13.2 Å². The maximum atomic E-state index is 12.7. The Kier molecular flexibility index (Phi) is 5.77. The molecule has 130 valence electrons. The van der Waals surface area contributed by atoms with E-state index in [2.05, 4.69) is 20.9 Å². The molecule has 0 aliphatic heterocycles. The first-order valence-corrected chi connectivity index (χ1v) is 8.61. The Hall–Kier alpha value is -1.73. The van der Waals surface area contributed by atoms with Gasteiger partial charge in [0.2, 0.25) is 5.43 Å². The number of esters is 1. The molecule has 6 nitrogen and oxygen atoms in total. The molecular formula is C17H21BrN2O4. The fourth-order valence-corrected chi connectivity index (χ4v) is 2.88. The zero-order valence-corrected chi connectivity index (χ0v) is 15.8. The predicted molar refractivity (Wildman–Crippen MR) is 95.4 cm³/mol. The molecule has 0 amide bonds. The smallest absolute Gasteiger partial charge is 0.343 e. The molecule has 0 radical (unpaired) electrons. The number of rotatable bonds is 5. The van der Waals surface area contributed by atoms with Gasteiger partial charge >= 0.3 is 5.97 Å². The first kappa shape index (κ1) is 18.6. The lowest BCUT2D eigenvalue weighted by atomic mass is 10.0. The zero-order valence-electron chi connectivity index (χ0n) is 14.2. The highest BCUT2D eigenvalue weighted by Gasteiger charge is 2.23. The molecule has 2 aromatic heterocycles. The number of hydrogen-bond acceptors (Lipinski definition) is 5. The summed E-state index contributed by atoms with van der Waals surface area (Å²) in [6.07, 6.45) is 1.45. The van der Waals surface area contributed by atoms with E-state index in [9.17, 15) is 14.7 Å². The van der Waals surface area contributed by atoms with Gasteiger partial charge in [0.05, 0.1) is 30.3 Å². The normalized spacial score (nSPS) is 12.6. The largest absolute Gasteiger partial charge is 0.462 e. The van der Waals surface area contributed by atoms with Crippen molar-refractivity contribution in [1.82, 2.24) is 9.55 Å². The number of fused-ring (bicyclic) bond motifs is 1. The van der Waals surface area contributed by atoms with Crippen molar-refractivity contribution in [3.63, 3.8) is 0 Å². The molecule has 0 saturated carbocycles. The van der Waals surface area contributed by atoms with Crippen LogP contribution in [0, 0.1) is 12.8 Å². The fraction of sp³-hybridized carbons (Fsp3) is 0.471. The molecule has 2 heterocycles. The van der Waals surface area contributed by atoms with Crippen LogP contribution in [0.2, 0.25) is 0 Å². The van der Waals surface area contributed by atoms with Crippen molar-refractivity contribution in [2.24, 2.45) is 5.92 Å². The van der Waals surface area contributed by atoms with E-state index in [1.54, 1.807) is 17.6 Å². The van der Waals surface area contributed by atoms with Gasteiger partial charge in [-0.05, 0) is 41.8 Å². The number of carbonyl (C=O) groups is 1. The molecule has 2 rings (SSSR count). The Balaban J connectivity index is 2.88. The minimum absolute atomic E-state index is 0.0546. The Bertz CT molecular complexity index is 829. The number of aromatic nitrogens is 2. The molecule has 24 heavy (non-hydrogen) atoms. The van der Waals surface area contributed by atoms with Gasteiger partial charge in [-0.25, -0.2) is 9.78 Å². The van der Waals surface area contributed by atoms with Crippen molar-refractivity contribution >= 4 is 32.9 Å². The Morgan fingerprint density at radius 1 is 1.46 bits per heavy atom. The first-order chi connectivity index (χ1) is 11.3. The van der Waals surface area contributed by atoms with E-state index in [0.717, 1.165) is 5.69 Å². The number of nitrogens with zero attached hydrogens (tertiary/aromatic N) is 2. The number of aliphatic hydroxyl groups is 1. The summed E-state index contributed by atoms with van der Waals surface area (Å²) in [5.74, 6) is -0.586. The van der Waals surface area contributed by atoms with Crippen LogP contribution in [0.5, 0.6) is 0 Å². The van der Waals surface area contributed by atoms with E-state index >= 15 is 0 Å². The van der Waals surface area contributed by atoms with Crippen molar-refractivity contribution in [1.29, 1.82) is 0 Å². The average Bonchev–Trinajstić information content (AvgIpc) is 2.52. The molecule has 0 aliphatic carbocycles. The third-order valence-electron chi connectivity index (χ3n) is 3.94. The molecule has 1 N–H and O–H groups in total. The maximum absolute atomic E-state index is 12.7. The summed E-state index contributed by atoms with van der Waals surface area (Å²) in [6, 6.07) is 1.35. The van der Waals surface area contributed by atoms with Gasteiger partial charge in [-0.15, -0.1) is 0 Å². The van der Waals surface area contributed by atoms with E-state index < -0.39 is 11.4 Å². The van der Waals surface area contributed by atoms with E-state index in [1.165, 1.54) is 6.20 Å². The van der Waals surface area contributed by atoms with Crippen LogP contribution in [0.3, 0.4) is 0 Å². The molecule has 0 saturated heterocycles. The molecule has 0 fully saturated rings. The summed E-state index contributed by atoms with van der Waals surface area (Å²) in [4.78, 5) is 29.4. The quantitative estimate of drug-likeness (QED) is 0.785. The Morgan fingerprint density at radius 3 is 2.67 bits per heavy atom. The average molecular weight is 397 g/mol. The highest BCUT2D eigenvalue weighted by Crippen LogP contribution is 2.25. The SMILES string of the molecule is CCOC(=O)c1cn([C@H](CO)C(C)C)c2nc(C)c(Br)cc2c1=O. The molecule has 0 aliphatic rings.